The van der Waals surface area contributed by atoms with Crippen molar-refractivity contribution < 1.29 is 0 Å². The lowest BCUT2D eigenvalue weighted by Crippen LogP contribution is -1.97. The Labute approximate surface area is 139 Å². The third kappa shape index (κ3) is 3.05. The van der Waals surface area contributed by atoms with Gasteiger partial charge in [0, 0.05) is 16.9 Å². The molecule has 0 radical (unpaired) electrons. The van der Waals surface area contributed by atoms with Gasteiger partial charge in [-0.2, -0.15) is 0 Å². The van der Waals surface area contributed by atoms with Gasteiger partial charge < -0.3 is 0 Å². The fourth-order valence-corrected chi connectivity index (χ4v) is 2.81. The van der Waals surface area contributed by atoms with Gasteiger partial charge in [-0.05, 0) is 23.8 Å². The molecule has 0 N–H and O–H groups in total. The second kappa shape index (κ2) is 6.05. The van der Waals surface area contributed by atoms with Crippen molar-refractivity contribution in [2.24, 2.45) is 0 Å². The molecule has 0 saturated carbocycles. The molecule has 0 atom stereocenters. The van der Waals surface area contributed by atoms with Crippen molar-refractivity contribution in [2.75, 3.05) is 0 Å². The Morgan fingerprint density at radius 1 is 0.857 bits per heavy atom. The zero-order valence-corrected chi connectivity index (χ0v) is 13.6. The number of hydrogen-bond donors (Lipinski definition) is 0. The molecule has 104 valence electrons. The lowest BCUT2D eigenvalue weighted by atomic mass is 10.1. The van der Waals surface area contributed by atoms with Crippen LogP contribution >= 0.6 is 39.1 Å². The van der Waals surface area contributed by atoms with E-state index in [9.17, 15) is 0 Å². The molecule has 7 heteroatoms. The van der Waals surface area contributed by atoms with Gasteiger partial charge in [-0.25, -0.2) is 19.9 Å². The Morgan fingerprint density at radius 2 is 1.52 bits per heavy atom. The molecule has 0 saturated heterocycles. The zero-order chi connectivity index (χ0) is 14.8. The molecule has 3 rings (SSSR count). The van der Waals surface area contributed by atoms with E-state index in [0.29, 0.717) is 17.2 Å². The smallest absolute Gasteiger partial charge is 0.200 e. The van der Waals surface area contributed by atoms with Crippen molar-refractivity contribution >= 4 is 39.1 Å². The maximum Gasteiger partial charge on any atom is 0.200 e. The highest BCUT2D eigenvalue weighted by Crippen LogP contribution is 2.34. The van der Waals surface area contributed by atoms with Gasteiger partial charge in [-0.15, -0.1) is 0 Å². The molecule has 0 aliphatic heterocycles. The number of hydrogen-bond acceptors (Lipinski definition) is 4. The predicted octanol–water partition coefficient (Wildman–Crippen LogP) is 4.67. The number of halogens is 3. The minimum absolute atomic E-state index is 0.260. The highest BCUT2D eigenvalue weighted by atomic mass is 79.9. The van der Waals surface area contributed by atoms with Crippen LogP contribution in [-0.4, -0.2) is 19.9 Å². The zero-order valence-electron chi connectivity index (χ0n) is 10.5. The van der Waals surface area contributed by atoms with E-state index in [1.54, 1.807) is 18.5 Å². The lowest BCUT2D eigenvalue weighted by Gasteiger charge is -2.08. The first kappa shape index (κ1) is 14.4. The van der Waals surface area contributed by atoms with Gasteiger partial charge in [0.15, 0.2) is 5.82 Å². The third-order valence-corrected chi connectivity index (χ3v) is 3.74. The molecule has 4 nitrogen and oxygen atoms in total. The summed E-state index contributed by atoms with van der Waals surface area (Å²) in [6.45, 7) is 0. The summed E-state index contributed by atoms with van der Waals surface area (Å²) in [7, 11) is 0. The highest BCUT2D eigenvalue weighted by molar-refractivity contribution is 9.10. The van der Waals surface area contributed by atoms with Crippen molar-refractivity contribution in [3.05, 3.63) is 57.5 Å². The maximum absolute atomic E-state index is 6.27. The number of nitrogens with zero attached hydrogens (tertiary/aromatic N) is 4. The van der Waals surface area contributed by atoms with E-state index in [2.05, 4.69) is 35.9 Å². The third-order valence-electron chi connectivity index (χ3n) is 2.70. The molecule has 0 unspecified atom stereocenters. The molecule has 0 amide bonds. The van der Waals surface area contributed by atoms with E-state index >= 15 is 0 Å². The molecular weight excluding hydrogens is 375 g/mol. The average molecular weight is 382 g/mol. The summed E-state index contributed by atoms with van der Waals surface area (Å²) in [5, 5.41) is 0.520. The van der Waals surface area contributed by atoms with Crippen LogP contribution in [0, 0.1) is 0 Å². The number of rotatable bonds is 2. The minimum Gasteiger partial charge on any atom is -0.234 e. The molecule has 0 aliphatic carbocycles. The van der Waals surface area contributed by atoms with Gasteiger partial charge in [-0.3, -0.25) is 0 Å². The van der Waals surface area contributed by atoms with Gasteiger partial charge in [0.25, 0.3) is 0 Å². The first-order chi connectivity index (χ1) is 10.1. The summed E-state index contributed by atoms with van der Waals surface area (Å²) in [6.07, 6.45) is 3.21. The molecular formula is C14H7BrCl2N4. The summed E-state index contributed by atoms with van der Waals surface area (Å²) in [4.78, 5) is 16.7. The minimum atomic E-state index is 0.260. The van der Waals surface area contributed by atoms with Gasteiger partial charge >= 0.3 is 0 Å². The molecule has 0 spiro atoms. The fraction of sp³-hybridized carbons (Fsp3) is 0. The molecule has 2 heterocycles. The molecule has 0 bridgehead atoms. The maximum atomic E-state index is 6.27. The van der Waals surface area contributed by atoms with Gasteiger partial charge in [0.1, 0.15) is 10.3 Å². The average Bonchev–Trinajstić information content (AvgIpc) is 2.47. The predicted molar refractivity (Wildman–Crippen MR) is 86.2 cm³/mol. The SMILES string of the molecule is Clc1nc(-c2ncccn2)nc(Cl)c1-c1cccc(Br)c1. The standard InChI is InChI=1S/C14H7BrCl2N4/c15-9-4-1-3-8(7-9)10-11(16)20-14(21-12(10)17)13-18-5-2-6-19-13/h1-7H. The van der Waals surface area contributed by atoms with E-state index in [1.807, 2.05) is 24.3 Å². The quantitative estimate of drug-likeness (QED) is 0.605. The summed E-state index contributed by atoms with van der Waals surface area (Å²) >= 11 is 15.9. The Morgan fingerprint density at radius 3 is 2.14 bits per heavy atom. The first-order valence-corrected chi connectivity index (χ1v) is 7.46. The Balaban J connectivity index is 2.13. The molecule has 3 aromatic rings. The van der Waals surface area contributed by atoms with Crippen LogP contribution in [0.2, 0.25) is 10.3 Å². The number of aromatic nitrogens is 4. The second-order valence-corrected chi connectivity index (χ2v) is 5.72. The van der Waals surface area contributed by atoms with Crippen LogP contribution in [0.1, 0.15) is 0 Å². The van der Waals surface area contributed by atoms with Crippen molar-refractivity contribution in [3.8, 4) is 22.8 Å². The van der Waals surface area contributed by atoms with E-state index in [0.717, 1.165) is 10.0 Å². The van der Waals surface area contributed by atoms with E-state index < -0.39 is 0 Å². The summed E-state index contributed by atoms with van der Waals surface area (Å²) < 4.78 is 0.919. The van der Waals surface area contributed by atoms with Gasteiger partial charge in [0.2, 0.25) is 5.82 Å². The van der Waals surface area contributed by atoms with Crippen LogP contribution in [-0.2, 0) is 0 Å². The van der Waals surface area contributed by atoms with Crippen molar-refractivity contribution in [1.29, 1.82) is 0 Å². The monoisotopic (exact) mass is 380 g/mol. The van der Waals surface area contributed by atoms with E-state index in [-0.39, 0.29) is 10.3 Å². The molecule has 21 heavy (non-hydrogen) atoms. The Bertz CT molecular complexity index is 773. The summed E-state index contributed by atoms with van der Waals surface area (Å²) in [5.74, 6) is 0.673. The normalized spacial score (nSPS) is 10.6. The van der Waals surface area contributed by atoms with Crippen LogP contribution in [0.15, 0.2) is 47.2 Å². The second-order valence-electron chi connectivity index (χ2n) is 4.09. The highest BCUT2D eigenvalue weighted by Gasteiger charge is 2.15. The lowest BCUT2D eigenvalue weighted by molar-refractivity contribution is 1.08. The topological polar surface area (TPSA) is 51.6 Å². The Hall–Kier alpha value is -1.56. The summed E-state index contributed by atoms with van der Waals surface area (Å²) in [6, 6.07) is 9.30. The van der Waals surface area contributed by atoms with Crippen LogP contribution < -0.4 is 0 Å². The van der Waals surface area contributed by atoms with Gasteiger partial charge in [0.05, 0.1) is 5.56 Å². The van der Waals surface area contributed by atoms with Crippen molar-refractivity contribution in [1.82, 2.24) is 19.9 Å². The van der Waals surface area contributed by atoms with Crippen molar-refractivity contribution in [3.63, 3.8) is 0 Å². The number of benzene rings is 1. The molecule has 0 fully saturated rings. The van der Waals surface area contributed by atoms with Crippen LogP contribution in [0.25, 0.3) is 22.8 Å². The van der Waals surface area contributed by atoms with Gasteiger partial charge in [-0.1, -0.05) is 51.3 Å². The molecule has 1 aromatic carbocycles. The molecule has 2 aromatic heterocycles. The summed E-state index contributed by atoms with van der Waals surface area (Å²) in [5.41, 5.74) is 1.42. The first-order valence-electron chi connectivity index (χ1n) is 5.91. The Kier molecular flexibility index (Phi) is 4.14. The van der Waals surface area contributed by atoms with Crippen LogP contribution in [0.4, 0.5) is 0 Å². The van der Waals surface area contributed by atoms with Crippen molar-refractivity contribution in [2.45, 2.75) is 0 Å². The van der Waals surface area contributed by atoms with E-state index in [4.69, 9.17) is 23.2 Å². The van der Waals surface area contributed by atoms with Crippen LogP contribution in [0.3, 0.4) is 0 Å². The van der Waals surface area contributed by atoms with E-state index in [1.165, 1.54) is 0 Å². The largest absolute Gasteiger partial charge is 0.234 e. The fourth-order valence-electron chi connectivity index (χ4n) is 1.80. The van der Waals surface area contributed by atoms with Crippen LogP contribution in [0.5, 0.6) is 0 Å². The molecule has 0 aliphatic rings.